The third kappa shape index (κ3) is 4.99. The molecule has 2 rings (SSSR count). The SMILES string of the molecule is CCC(NCCN1CCSCC1)c1cccc(Cl)c1. The predicted octanol–water partition coefficient (Wildman–Crippen LogP) is 3.43. The van der Waals surface area contributed by atoms with Gasteiger partial charge in [0.2, 0.25) is 0 Å². The van der Waals surface area contributed by atoms with Crippen molar-refractivity contribution in [2.45, 2.75) is 19.4 Å². The van der Waals surface area contributed by atoms with Crippen molar-refractivity contribution in [3.05, 3.63) is 34.9 Å². The van der Waals surface area contributed by atoms with E-state index in [9.17, 15) is 0 Å². The minimum Gasteiger partial charge on any atom is -0.309 e. The first-order chi connectivity index (χ1) is 9.29. The second-order valence-corrected chi connectivity index (χ2v) is 6.59. The van der Waals surface area contributed by atoms with E-state index >= 15 is 0 Å². The molecule has 1 aromatic rings. The van der Waals surface area contributed by atoms with Crippen LogP contribution >= 0.6 is 23.4 Å². The van der Waals surface area contributed by atoms with Crippen LogP contribution in [0.5, 0.6) is 0 Å². The Bertz CT molecular complexity index is 380. The van der Waals surface area contributed by atoms with Crippen molar-refractivity contribution in [2.75, 3.05) is 37.7 Å². The maximum atomic E-state index is 6.06. The molecule has 0 aliphatic carbocycles. The summed E-state index contributed by atoms with van der Waals surface area (Å²) in [7, 11) is 0. The van der Waals surface area contributed by atoms with Gasteiger partial charge in [-0.3, -0.25) is 0 Å². The average molecular weight is 299 g/mol. The van der Waals surface area contributed by atoms with E-state index in [1.165, 1.54) is 30.2 Å². The highest BCUT2D eigenvalue weighted by Crippen LogP contribution is 2.20. The molecule has 2 nitrogen and oxygen atoms in total. The fourth-order valence-electron chi connectivity index (χ4n) is 2.44. The van der Waals surface area contributed by atoms with E-state index in [0.29, 0.717) is 6.04 Å². The molecule has 1 aliphatic heterocycles. The smallest absolute Gasteiger partial charge is 0.0409 e. The van der Waals surface area contributed by atoms with Gasteiger partial charge in [0.05, 0.1) is 0 Å². The predicted molar refractivity (Wildman–Crippen MR) is 86.3 cm³/mol. The monoisotopic (exact) mass is 298 g/mol. The Morgan fingerprint density at radius 2 is 2.16 bits per heavy atom. The summed E-state index contributed by atoms with van der Waals surface area (Å²) in [5, 5.41) is 4.48. The number of hydrogen-bond donors (Lipinski definition) is 1. The zero-order chi connectivity index (χ0) is 13.5. The molecular formula is C15H23ClN2S. The van der Waals surface area contributed by atoms with Gasteiger partial charge in [-0.1, -0.05) is 30.7 Å². The van der Waals surface area contributed by atoms with Crippen molar-refractivity contribution in [2.24, 2.45) is 0 Å². The van der Waals surface area contributed by atoms with Crippen LogP contribution in [0, 0.1) is 0 Å². The van der Waals surface area contributed by atoms with Gasteiger partial charge in [-0.25, -0.2) is 0 Å². The molecule has 1 saturated heterocycles. The summed E-state index contributed by atoms with van der Waals surface area (Å²) in [6, 6.07) is 8.61. The molecule has 1 fully saturated rings. The van der Waals surface area contributed by atoms with Gasteiger partial charge in [-0.2, -0.15) is 11.8 Å². The lowest BCUT2D eigenvalue weighted by Crippen LogP contribution is -2.38. The summed E-state index contributed by atoms with van der Waals surface area (Å²) < 4.78 is 0. The lowest BCUT2D eigenvalue weighted by molar-refractivity contribution is 0.294. The standard InChI is InChI=1S/C15H23ClN2S/c1-2-15(13-4-3-5-14(16)12-13)17-6-7-18-8-10-19-11-9-18/h3-5,12,15,17H,2,6-11H2,1H3. The second kappa shape index (κ2) is 8.15. The fourth-order valence-corrected chi connectivity index (χ4v) is 3.62. The van der Waals surface area contributed by atoms with Gasteiger partial charge >= 0.3 is 0 Å². The number of nitrogens with one attached hydrogen (secondary N) is 1. The van der Waals surface area contributed by atoms with Crippen LogP contribution in [0.4, 0.5) is 0 Å². The molecule has 0 aromatic heterocycles. The van der Waals surface area contributed by atoms with Crippen molar-refractivity contribution in [3.8, 4) is 0 Å². The Kier molecular flexibility index (Phi) is 6.51. The molecule has 19 heavy (non-hydrogen) atoms. The first-order valence-electron chi connectivity index (χ1n) is 7.08. The first-order valence-corrected chi connectivity index (χ1v) is 8.62. The number of hydrogen-bond acceptors (Lipinski definition) is 3. The molecule has 0 saturated carbocycles. The van der Waals surface area contributed by atoms with Crippen LogP contribution < -0.4 is 5.32 Å². The molecule has 1 atom stereocenters. The van der Waals surface area contributed by atoms with Crippen LogP contribution in [0.15, 0.2) is 24.3 Å². The van der Waals surface area contributed by atoms with Crippen LogP contribution in [-0.4, -0.2) is 42.6 Å². The first kappa shape index (κ1) is 15.2. The molecule has 1 N–H and O–H groups in total. The molecule has 1 unspecified atom stereocenters. The summed E-state index contributed by atoms with van der Waals surface area (Å²) in [5.41, 5.74) is 1.30. The minimum absolute atomic E-state index is 0.415. The van der Waals surface area contributed by atoms with Gasteiger partial charge in [0, 0.05) is 48.7 Å². The largest absolute Gasteiger partial charge is 0.309 e. The Labute approximate surface area is 125 Å². The zero-order valence-corrected chi connectivity index (χ0v) is 13.1. The van der Waals surface area contributed by atoms with Crippen LogP contribution in [0.3, 0.4) is 0 Å². The fraction of sp³-hybridized carbons (Fsp3) is 0.600. The van der Waals surface area contributed by atoms with Crippen molar-refractivity contribution in [1.82, 2.24) is 10.2 Å². The molecule has 0 radical (unpaired) electrons. The van der Waals surface area contributed by atoms with E-state index in [0.717, 1.165) is 24.5 Å². The Morgan fingerprint density at radius 3 is 2.84 bits per heavy atom. The van der Waals surface area contributed by atoms with Gasteiger partial charge in [-0.05, 0) is 24.1 Å². The summed E-state index contributed by atoms with van der Waals surface area (Å²) >= 11 is 8.13. The Hall–Kier alpha value is -0.220. The highest BCUT2D eigenvalue weighted by Gasteiger charge is 2.12. The molecule has 0 spiro atoms. The van der Waals surface area contributed by atoms with Crippen LogP contribution in [0.2, 0.25) is 5.02 Å². The van der Waals surface area contributed by atoms with Gasteiger partial charge < -0.3 is 10.2 Å². The van der Waals surface area contributed by atoms with E-state index in [4.69, 9.17) is 11.6 Å². The van der Waals surface area contributed by atoms with Gasteiger partial charge in [0.25, 0.3) is 0 Å². The summed E-state index contributed by atoms with van der Waals surface area (Å²) in [5.74, 6) is 2.57. The number of halogens is 1. The number of benzene rings is 1. The molecule has 1 aliphatic rings. The Morgan fingerprint density at radius 1 is 1.37 bits per heavy atom. The van der Waals surface area contributed by atoms with E-state index < -0.39 is 0 Å². The third-order valence-electron chi connectivity index (χ3n) is 3.58. The highest BCUT2D eigenvalue weighted by molar-refractivity contribution is 7.99. The van der Waals surface area contributed by atoms with Crippen molar-refractivity contribution in [3.63, 3.8) is 0 Å². The average Bonchev–Trinajstić information content (AvgIpc) is 2.45. The molecule has 106 valence electrons. The van der Waals surface area contributed by atoms with Crippen LogP contribution in [0.1, 0.15) is 24.9 Å². The number of rotatable bonds is 6. The maximum absolute atomic E-state index is 6.06. The Balaban J connectivity index is 1.79. The van der Waals surface area contributed by atoms with Crippen LogP contribution in [0.25, 0.3) is 0 Å². The molecule has 1 aromatic carbocycles. The highest BCUT2D eigenvalue weighted by atomic mass is 35.5. The topological polar surface area (TPSA) is 15.3 Å². The summed E-state index contributed by atoms with van der Waals surface area (Å²) in [4.78, 5) is 2.55. The van der Waals surface area contributed by atoms with Crippen LogP contribution in [-0.2, 0) is 0 Å². The molecule has 1 heterocycles. The number of thioether (sulfide) groups is 1. The lowest BCUT2D eigenvalue weighted by atomic mass is 10.0. The van der Waals surface area contributed by atoms with E-state index in [-0.39, 0.29) is 0 Å². The minimum atomic E-state index is 0.415. The number of nitrogens with zero attached hydrogens (tertiary/aromatic N) is 1. The summed E-state index contributed by atoms with van der Waals surface area (Å²) in [6.45, 7) is 6.89. The van der Waals surface area contributed by atoms with E-state index in [2.05, 4.69) is 41.0 Å². The molecule has 4 heteroatoms. The molecule has 0 bridgehead atoms. The molecule has 0 amide bonds. The zero-order valence-electron chi connectivity index (χ0n) is 11.6. The third-order valence-corrected chi connectivity index (χ3v) is 4.76. The van der Waals surface area contributed by atoms with E-state index in [1.807, 2.05) is 12.1 Å². The van der Waals surface area contributed by atoms with Gasteiger partial charge in [0.15, 0.2) is 0 Å². The van der Waals surface area contributed by atoms with Crippen molar-refractivity contribution >= 4 is 23.4 Å². The van der Waals surface area contributed by atoms with Crippen molar-refractivity contribution < 1.29 is 0 Å². The lowest BCUT2D eigenvalue weighted by Gasteiger charge is -2.27. The molecular weight excluding hydrogens is 276 g/mol. The van der Waals surface area contributed by atoms with Gasteiger partial charge in [-0.15, -0.1) is 0 Å². The second-order valence-electron chi connectivity index (χ2n) is 4.92. The summed E-state index contributed by atoms with van der Waals surface area (Å²) in [6.07, 6.45) is 1.09. The van der Waals surface area contributed by atoms with Crippen molar-refractivity contribution in [1.29, 1.82) is 0 Å². The normalized spacial score (nSPS) is 18.4. The van der Waals surface area contributed by atoms with E-state index in [1.54, 1.807) is 0 Å². The maximum Gasteiger partial charge on any atom is 0.0409 e. The quantitative estimate of drug-likeness (QED) is 0.866. The van der Waals surface area contributed by atoms with Gasteiger partial charge in [0.1, 0.15) is 0 Å².